The quantitative estimate of drug-likeness (QED) is 0.542. The molecular weight excluding hydrogens is 360 g/mol. The lowest BCUT2D eigenvalue weighted by molar-refractivity contribution is -0.384. The van der Waals surface area contributed by atoms with Crippen molar-refractivity contribution in [3.63, 3.8) is 0 Å². The van der Waals surface area contributed by atoms with E-state index in [9.17, 15) is 19.7 Å². The Kier molecular flexibility index (Phi) is 5.30. The topological polar surface area (TPSA) is 107 Å². The first-order valence-corrected chi connectivity index (χ1v) is 8.66. The molecule has 8 heteroatoms. The zero-order chi connectivity index (χ0) is 20.3. The first kappa shape index (κ1) is 19.0. The maximum Gasteiger partial charge on any atom is 0.294 e. The summed E-state index contributed by atoms with van der Waals surface area (Å²) in [5, 5.41) is 18.2. The van der Waals surface area contributed by atoms with Gasteiger partial charge in [0.2, 0.25) is 5.43 Å². The summed E-state index contributed by atoms with van der Waals surface area (Å²) in [6.07, 6.45) is 0.707. The van der Waals surface area contributed by atoms with Crippen molar-refractivity contribution in [1.29, 1.82) is 0 Å². The van der Waals surface area contributed by atoms with E-state index in [4.69, 9.17) is 0 Å². The summed E-state index contributed by atoms with van der Waals surface area (Å²) in [5.74, 6) is -0.668. The van der Waals surface area contributed by atoms with E-state index >= 15 is 0 Å². The third kappa shape index (κ3) is 3.66. The molecule has 0 bridgehead atoms. The van der Waals surface area contributed by atoms with Crippen molar-refractivity contribution in [3.05, 3.63) is 91.9 Å². The molecule has 0 fully saturated rings. The number of nitrogens with one attached hydrogen (secondary N) is 1. The van der Waals surface area contributed by atoms with Gasteiger partial charge in [0.15, 0.2) is 5.69 Å². The van der Waals surface area contributed by atoms with E-state index in [0.29, 0.717) is 17.8 Å². The average molecular weight is 378 g/mol. The fourth-order valence-corrected chi connectivity index (χ4v) is 2.88. The predicted octanol–water partition coefficient (Wildman–Crippen LogP) is 3.26. The SMILES string of the molecule is CCc1ccccc1NC(=O)c1nn(-c2ccccc2[N+](=O)[O-])c(C)cc1=O. The Morgan fingerprint density at radius 3 is 2.57 bits per heavy atom. The van der Waals surface area contributed by atoms with Crippen LogP contribution in [0.25, 0.3) is 5.69 Å². The molecule has 0 unspecified atom stereocenters. The molecule has 0 aliphatic carbocycles. The van der Waals surface area contributed by atoms with Gasteiger partial charge >= 0.3 is 0 Å². The summed E-state index contributed by atoms with van der Waals surface area (Å²) in [6, 6.07) is 14.5. The molecule has 8 nitrogen and oxygen atoms in total. The van der Waals surface area contributed by atoms with Crippen molar-refractivity contribution in [2.75, 3.05) is 5.32 Å². The Bertz CT molecular complexity index is 1120. The van der Waals surface area contributed by atoms with Crippen LogP contribution in [0.4, 0.5) is 11.4 Å². The number of carbonyl (C=O) groups is 1. The van der Waals surface area contributed by atoms with Crippen LogP contribution in [0.1, 0.15) is 28.7 Å². The number of aryl methyl sites for hydroxylation is 2. The highest BCUT2D eigenvalue weighted by Crippen LogP contribution is 2.22. The Balaban J connectivity index is 2.07. The van der Waals surface area contributed by atoms with Gasteiger partial charge in [-0.3, -0.25) is 19.7 Å². The number of nitro benzene ring substituents is 1. The van der Waals surface area contributed by atoms with E-state index in [-0.39, 0.29) is 17.1 Å². The van der Waals surface area contributed by atoms with Crippen LogP contribution >= 0.6 is 0 Å². The first-order valence-electron chi connectivity index (χ1n) is 8.66. The molecule has 0 saturated heterocycles. The molecule has 2 aromatic carbocycles. The van der Waals surface area contributed by atoms with Crippen molar-refractivity contribution in [1.82, 2.24) is 9.78 Å². The van der Waals surface area contributed by atoms with Gasteiger partial charge in [0.25, 0.3) is 11.6 Å². The number of hydrogen-bond acceptors (Lipinski definition) is 5. The smallest absolute Gasteiger partial charge is 0.294 e. The highest BCUT2D eigenvalue weighted by molar-refractivity contribution is 6.03. The summed E-state index contributed by atoms with van der Waals surface area (Å²) in [7, 11) is 0. The lowest BCUT2D eigenvalue weighted by Gasteiger charge is -2.12. The average Bonchev–Trinajstić information content (AvgIpc) is 2.68. The molecule has 0 aliphatic rings. The maximum atomic E-state index is 12.7. The molecule has 1 heterocycles. The van der Waals surface area contributed by atoms with Crippen LogP contribution in [-0.4, -0.2) is 20.6 Å². The lowest BCUT2D eigenvalue weighted by Crippen LogP contribution is -2.27. The zero-order valence-electron chi connectivity index (χ0n) is 15.4. The number of benzene rings is 2. The van der Waals surface area contributed by atoms with Crippen molar-refractivity contribution >= 4 is 17.3 Å². The summed E-state index contributed by atoms with van der Waals surface area (Å²) in [4.78, 5) is 35.8. The second kappa shape index (κ2) is 7.83. The summed E-state index contributed by atoms with van der Waals surface area (Å²) >= 11 is 0. The summed E-state index contributed by atoms with van der Waals surface area (Å²) in [5.41, 5.74) is 0.992. The first-order chi connectivity index (χ1) is 13.4. The molecular formula is C20H18N4O4. The summed E-state index contributed by atoms with van der Waals surface area (Å²) < 4.78 is 1.24. The van der Waals surface area contributed by atoms with Crippen molar-refractivity contribution in [2.45, 2.75) is 20.3 Å². The molecule has 1 N–H and O–H groups in total. The Morgan fingerprint density at radius 1 is 1.18 bits per heavy atom. The number of anilines is 1. The molecule has 3 aromatic rings. The van der Waals surface area contributed by atoms with Gasteiger partial charge in [-0.2, -0.15) is 5.10 Å². The van der Waals surface area contributed by atoms with Crippen LogP contribution in [0, 0.1) is 17.0 Å². The number of nitro groups is 1. The Labute approximate surface area is 160 Å². The number of aromatic nitrogens is 2. The molecule has 0 spiro atoms. The largest absolute Gasteiger partial charge is 0.320 e. The lowest BCUT2D eigenvalue weighted by atomic mass is 10.1. The monoisotopic (exact) mass is 378 g/mol. The van der Waals surface area contributed by atoms with Gasteiger partial charge in [-0.05, 0) is 31.0 Å². The highest BCUT2D eigenvalue weighted by Gasteiger charge is 2.20. The number of para-hydroxylation sites is 3. The number of nitrogens with zero attached hydrogens (tertiary/aromatic N) is 3. The molecule has 28 heavy (non-hydrogen) atoms. The van der Waals surface area contributed by atoms with E-state index in [1.807, 2.05) is 19.1 Å². The van der Waals surface area contributed by atoms with Gasteiger partial charge in [0.1, 0.15) is 5.69 Å². The van der Waals surface area contributed by atoms with Crippen molar-refractivity contribution in [2.24, 2.45) is 0 Å². The molecule has 0 atom stereocenters. The maximum absolute atomic E-state index is 12.7. The van der Waals surface area contributed by atoms with Gasteiger partial charge in [-0.1, -0.05) is 37.3 Å². The van der Waals surface area contributed by atoms with Crippen molar-refractivity contribution in [3.8, 4) is 5.69 Å². The van der Waals surface area contributed by atoms with E-state index in [1.165, 1.54) is 28.9 Å². The minimum absolute atomic E-state index is 0.174. The van der Waals surface area contributed by atoms with Crippen LogP contribution in [0.3, 0.4) is 0 Å². The van der Waals surface area contributed by atoms with E-state index < -0.39 is 16.3 Å². The van der Waals surface area contributed by atoms with Gasteiger partial charge in [-0.25, -0.2) is 4.68 Å². The molecule has 0 radical (unpaired) electrons. The fourth-order valence-electron chi connectivity index (χ4n) is 2.88. The van der Waals surface area contributed by atoms with Crippen LogP contribution < -0.4 is 10.7 Å². The molecule has 3 rings (SSSR count). The van der Waals surface area contributed by atoms with Crippen molar-refractivity contribution < 1.29 is 9.72 Å². The zero-order valence-corrected chi connectivity index (χ0v) is 15.4. The number of amides is 1. The van der Waals surface area contributed by atoms with Crippen LogP contribution in [0.15, 0.2) is 59.4 Å². The number of rotatable bonds is 5. The van der Waals surface area contributed by atoms with E-state index in [2.05, 4.69) is 10.4 Å². The van der Waals surface area contributed by atoms with Gasteiger partial charge in [-0.15, -0.1) is 0 Å². The van der Waals surface area contributed by atoms with Gasteiger partial charge in [0, 0.05) is 23.5 Å². The van der Waals surface area contributed by atoms with Crippen LogP contribution in [0.5, 0.6) is 0 Å². The van der Waals surface area contributed by atoms with E-state index in [0.717, 1.165) is 5.56 Å². The molecule has 0 saturated carbocycles. The molecule has 1 amide bonds. The second-order valence-electron chi connectivity index (χ2n) is 6.12. The summed E-state index contributed by atoms with van der Waals surface area (Å²) in [6.45, 7) is 3.55. The third-order valence-electron chi connectivity index (χ3n) is 4.28. The molecule has 0 aliphatic heterocycles. The van der Waals surface area contributed by atoms with Crippen LogP contribution in [0.2, 0.25) is 0 Å². The predicted molar refractivity (Wildman–Crippen MR) is 105 cm³/mol. The van der Waals surface area contributed by atoms with Gasteiger partial charge in [0.05, 0.1) is 4.92 Å². The normalized spacial score (nSPS) is 10.5. The number of carbonyl (C=O) groups excluding carboxylic acids is 1. The number of hydrogen-bond donors (Lipinski definition) is 1. The fraction of sp³-hybridized carbons (Fsp3) is 0.150. The molecule has 142 valence electrons. The van der Waals surface area contributed by atoms with E-state index in [1.54, 1.807) is 25.1 Å². The molecule has 1 aromatic heterocycles. The second-order valence-corrected chi connectivity index (χ2v) is 6.12. The van der Waals surface area contributed by atoms with Crippen LogP contribution in [-0.2, 0) is 6.42 Å². The Morgan fingerprint density at radius 2 is 1.86 bits per heavy atom. The highest BCUT2D eigenvalue weighted by atomic mass is 16.6. The minimum Gasteiger partial charge on any atom is -0.320 e. The van der Waals surface area contributed by atoms with Gasteiger partial charge < -0.3 is 5.32 Å². The standard InChI is InChI=1S/C20H18N4O4/c1-3-14-8-4-5-9-15(14)21-20(26)19-18(25)12-13(2)23(22-19)16-10-6-7-11-17(16)24(27)28/h4-12H,3H2,1-2H3,(H,21,26). The third-order valence-corrected chi connectivity index (χ3v) is 4.28. The Hall–Kier alpha value is -3.81. The minimum atomic E-state index is -0.668.